The van der Waals surface area contributed by atoms with Crippen LogP contribution in [0.25, 0.3) is 0 Å². The Hall–Kier alpha value is -1.05. The summed E-state index contributed by atoms with van der Waals surface area (Å²) in [6, 6.07) is 7.75. The van der Waals surface area contributed by atoms with Gasteiger partial charge in [0.2, 0.25) is 0 Å². The van der Waals surface area contributed by atoms with Gasteiger partial charge in [0, 0.05) is 16.3 Å². The highest BCUT2D eigenvalue weighted by Gasteiger charge is 2.34. The SMILES string of the molecule is CC(C)(C)OC(=O)C(C)(C)Sc1nc(CCOc2ccc(Br)cc2)cs1. The van der Waals surface area contributed by atoms with Crippen molar-refractivity contribution in [2.75, 3.05) is 6.61 Å². The van der Waals surface area contributed by atoms with Crippen LogP contribution in [0.4, 0.5) is 0 Å². The predicted octanol–water partition coefficient (Wildman–Crippen LogP) is 5.74. The van der Waals surface area contributed by atoms with Crippen LogP contribution in [0.5, 0.6) is 5.75 Å². The lowest BCUT2D eigenvalue weighted by Crippen LogP contribution is -2.36. The maximum atomic E-state index is 12.4. The summed E-state index contributed by atoms with van der Waals surface area (Å²) in [5.41, 5.74) is 0.474. The number of aromatic nitrogens is 1. The maximum Gasteiger partial charge on any atom is 0.322 e. The van der Waals surface area contributed by atoms with Crippen molar-refractivity contribution in [3.8, 4) is 5.75 Å². The topological polar surface area (TPSA) is 48.4 Å². The molecule has 0 unspecified atom stereocenters. The van der Waals surface area contributed by atoms with E-state index in [1.54, 1.807) is 11.3 Å². The van der Waals surface area contributed by atoms with Gasteiger partial charge >= 0.3 is 5.97 Å². The van der Waals surface area contributed by atoms with Gasteiger partial charge in [-0.2, -0.15) is 0 Å². The van der Waals surface area contributed by atoms with Crippen molar-refractivity contribution in [3.63, 3.8) is 0 Å². The second-order valence-corrected chi connectivity index (χ2v) is 10.9. The molecule has 0 amide bonds. The molecule has 0 saturated heterocycles. The van der Waals surface area contributed by atoms with Crippen LogP contribution in [0.15, 0.2) is 38.5 Å². The molecular weight excluding hydrogens is 434 g/mol. The molecule has 0 aliphatic rings. The van der Waals surface area contributed by atoms with E-state index >= 15 is 0 Å². The van der Waals surface area contributed by atoms with E-state index in [-0.39, 0.29) is 5.97 Å². The Kier molecular flexibility index (Phi) is 7.16. The van der Waals surface area contributed by atoms with Crippen molar-refractivity contribution in [2.24, 2.45) is 0 Å². The van der Waals surface area contributed by atoms with Gasteiger partial charge in [0.15, 0.2) is 4.34 Å². The second kappa shape index (κ2) is 8.76. The number of carbonyl (C=O) groups excluding carboxylic acids is 1. The monoisotopic (exact) mass is 457 g/mol. The maximum absolute atomic E-state index is 12.4. The minimum absolute atomic E-state index is 0.231. The molecular formula is C19H24BrNO3S2. The standard InChI is InChI=1S/C19H24BrNO3S2/c1-18(2,3)24-16(22)19(4,5)26-17-21-14(12-25-17)10-11-23-15-8-6-13(20)7-9-15/h6-9,12H,10-11H2,1-5H3. The number of carbonyl (C=O) groups is 1. The quantitative estimate of drug-likeness (QED) is 0.391. The first-order chi connectivity index (χ1) is 12.0. The fourth-order valence-corrected chi connectivity index (χ4v) is 4.44. The third-order valence-corrected chi connectivity index (χ3v) is 5.90. The van der Waals surface area contributed by atoms with E-state index in [0.29, 0.717) is 6.61 Å². The molecule has 0 bridgehead atoms. The molecule has 26 heavy (non-hydrogen) atoms. The van der Waals surface area contributed by atoms with Gasteiger partial charge in [0.1, 0.15) is 16.1 Å². The molecule has 0 spiro atoms. The van der Waals surface area contributed by atoms with Crippen molar-refractivity contribution in [1.82, 2.24) is 4.98 Å². The Morgan fingerprint density at radius 3 is 2.46 bits per heavy atom. The van der Waals surface area contributed by atoms with Crippen LogP contribution >= 0.6 is 39.0 Å². The van der Waals surface area contributed by atoms with Crippen molar-refractivity contribution in [1.29, 1.82) is 0 Å². The average molecular weight is 458 g/mol. The van der Waals surface area contributed by atoms with Gasteiger partial charge < -0.3 is 9.47 Å². The highest BCUT2D eigenvalue weighted by Crippen LogP contribution is 2.36. The summed E-state index contributed by atoms with van der Waals surface area (Å²) in [7, 11) is 0. The van der Waals surface area contributed by atoms with E-state index in [9.17, 15) is 4.79 Å². The number of nitrogens with zero attached hydrogens (tertiary/aromatic N) is 1. The van der Waals surface area contributed by atoms with Crippen LogP contribution in [0, 0.1) is 0 Å². The highest BCUT2D eigenvalue weighted by atomic mass is 79.9. The third kappa shape index (κ3) is 6.93. The summed E-state index contributed by atoms with van der Waals surface area (Å²) < 4.78 is 12.4. The van der Waals surface area contributed by atoms with E-state index in [1.165, 1.54) is 11.8 Å². The number of ether oxygens (including phenoxy) is 2. The van der Waals surface area contributed by atoms with Crippen LogP contribution < -0.4 is 4.74 Å². The summed E-state index contributed by atoms with van der Waals surface area (Å²) >= 11 is 6.38. The van der Waals surface area contributed by atoms with E-state index in [4.69, 9.17) is 9.47 Å². The molecule has 0 radical (unpaired) electrons. The predicted molar refractivity (Wildman–Crippen MR) is 111 cm³/mol. The number of halogens is 1. The van der Waals surface area contributed by atoms with Crippen molar-refractivity contribution < 1.29 is 14.3 Å². The Morgan fingerprint density at radius 1 is 1.19 bits per heavy atom. The smallest absolute Gasteiger partial charge is 0.322 e. The molecule has 2 rings (SSSR count). The molecule has 1 heterocycles. The van der Waals surface area contributed by atoms with Crippen molar-refractivity contribution in [3.05, 3.63) is 39.8 Å². The first-order valence-electron chi connectivity index (χ1n) is 8.30. The molecule has 1 aromatic heterocycles. The summed E-state index contributed by atoms with van der Waals surface area (Å²) in [5.74, 6) is 0.606. The molecule has 0 aliphatic heterocycles. The van der Waals surface area contributed by atoms with Crippen molar-refractivity contribution in [2.45, 2.75) is 55.7 Å². The molecule has 0 atom stereocenters. The van der Waals surface area contributed by atoms with Crippen LogP contribution in [-0.2, 0) is 16.0 Å². The number of benzene rings is 1. The lowest BCUT2D eigenvalue weighted by molar-refractivity contribution is -0.156. The molecule has 0 N–H and O–H groups in total. The number of esters is 1. The zero-order valence-corrected chi connectivity index (χ0v) is 18.9. The summed E-state index contributed by atoms with van der Waals surface area (Å²) in [5, 5.41) is 2.01. The van der Waals surface area contributed by atoms with Gasteiger partial charge in [0.25, 0.3) is 0 Å². The van der Waals surface area contributed by atoms with Crippen LogP contribution in [0.2, 0.25) is 0 Å². The van der Waals surface area contributed by atoms with Gasteiger partial charge in [-0.05, 0) is 58.9 Å². The van der Waals surface area contributed by atoms with Crippen molar-refractivity contribution >= 4 is 45.0 Å². The zero-order chi connectivity index (χ0) is 19.4. The normalized spacial score (nSPS) is 12.1. The van der Waals surface area contributed by atoms with E-state index < -0.39 is 10.3 Å². The Labute approximate surface area is 171 Å². The van der Waals surface area contributed by atoms with Gasteiger partial charge in [0.05, 0.1) is 12.3 Å². The molecule has 4 nitrogen and oxygen atoms in total. The number of thioether (sulfide) groups is 1. The number of thiazole rings is 1. The summed E-state index contributed by atoms with van der Waals surface area (Å²) in [6.45, 7) is 9.91. The molecule has 7 heteroatoms. The van der Waals surface area contributed by atoms with E-state index in [1.807, 2.05) is 64.3 Å². The van der Waals surface area contributed by atoms with E-state index in [0.717, 1.165) is 26.7 Å². The van der Waals surface area contributed by atoms with Crippen LogP contribution in [0.3, 0.4) is 0 Å². The van der Waals surface area contributed by atoms with Gasteiger partial charge in [-0.1, -0.05) is 27.7 Å². The second-order valence-electron chi connectivity index (χ2n) is 7.27. The molecule has 0 fully saturated rings. The molecule has 0 saturated carbocycles. The van der Waals surface area contributed by atoms with Gasteiger partial charge in [-0.3, -0.25) is 4.79 Å². The van der Waals surface area contributed by atoms with Crippen LogP contribution in [0.1, 0.15) is 40.3 Å². The first-order valence-corrected chi connectivity index (χ1v) is 10.8. The van der Waals surface area contributed by atoms with Gasteiger partial charge in [-0.15, -0.1) is 11.3 Å². The molecule has 0 aliphatic carbocycles. The number of hydrogen-bond donors (Lipinski definition) is 0. The van der Waals surface area contributed by atoms with Crippen LogP contribution in [-0.4, -0.2) is 27.9 Å². The average Bonchev–Trinajstić information content (AvgIpc) is 2.94. The molecule has 2 aromatic rings. The lowest BCUT2D eigenvalue weighted by atomic mass is 10.1. The zero-order valence-electron chi connectivity index (χ0n) is 15.7. The molecule has 142 valence electrons. The Balaban J connectivity index is 1.86. The minimum atomic E-state index is -0.684. The molecule has 1 aromatic carbocycles. The fraction of sp³-hybridized carbons (Fsp3) is 0.474. The third-order valence-electron chi connectivity index (χ3n) is 3.20. The Bertz CT molecular complexity index is 736. The summed E-state index contributed by atoms with van der Waals surface area (Å²) in [6.07, 6.45) is 0.722. The van der Waals surface area contributed by atoms with E-state index in [2.05, 4.69) is 20.9 Å². The summed E-state index contributed by atoms with van der Waals surface area (Å²) in [4.78, 5) is 17.0. The van der Waals surface area contributed by atoms with Gasteiger partial charge in [-0.25, -0.2) is 4.98 Å². The Morgan fingerprint density at radius 2 is 1.85 bits per heavy atom. The first kappa shape index (κ1) is 21.3. The fourth-order valence-electron chi connectivity index (χ4n) is 1.92. The number of hydrogen-bond acceptors (Lipinski definition) is 6. The largest absolute Gasteiger partial charge is 0.493 e. The highest BCUT2D eigenvalue weighted by molar-refractivity contribution is 9.10. The number of rotatable bonds is 7. The lowest BCUT2D eigenvalue weighted by Gasteiger charge is -2.27. The minimum Gasteiger partial charge on any atom is -0.493 e.